The van der Waals surface area contributed by atoms with Crippen LogP contribution in [0.25, 0.3) is 0 Å². The Bertz CT molecular complexity index is 257. The molecule has 1 heterocycles. The zero-order chi connectivity index (χ0) is 12.3. The maximum atomic E-state index is 10.1. The highest BCUT2D eigenvalue weighted by atomic mass is 16.5. The van der Waals surface area contributed by atoms with Gasteiger partial charge in [-0.25, -0.2) is 0 Å². The van der Waals surface area contributed by atoms with E-state index in [2.05, 4.69) is 11.5 Å². The average molecular weight is 239 g/mol. The van der Waals surface area contributed by atoms with Crippen LogP contribution in [0, 0.1) is 5.41 Å². The largest absolute Gasteiger partial charge is 0.392 e. The van der Waals surface area contributed by atoms with Crippen LogP contribution >= 0.6 is 0 Å². The molecule has 3 heteroatoms. The minimum absolute atomic E-state index is 0.0701. The van der Waals surface area contributed by atoms with Crippen LogP contribution in [-0.2, 0) is 4.74 Å². The summed E-state index contributed by atoms with van der Waals surface area (Å²) in [4.78, 5) is 2.47. The molecule has 2 rings (SSSR count). The number of hydrogen-bond donors (Lipinski definition) is 1. The first kappa shape index (κ1) is 13.1. The molecule has 1 saturated heterocycles. The SMILES string of the molecule is C=CCCN1CCC2(CC1)C(O)CC2OCC. The molecule has 2 aliphatic rings. The fourth-order valence-electron chi connectivity index (χ4n) is 3.28. The van der Waals surface area contributed by atoms with Crippen molar-refractivity contribution < 1.29 is 9.84 Å². The van der Waals surface area contributed by atoms with Gasteiger partial charge in [-0.2, -0.15) is 0 Å². The van der Waals surface area contributed by atoms with Crippen LogP contribution in [-0.4, -0.2) is 48.5 Å². The fraction of sp³-hybridized carbons (Fsp3) is 0.857. The first-order valence-electron chi connectivity index (χ1n) is 6.86. The van der Waals surface area contributed by atoms with Gasteiger partial charge >= 0.3 is 0 Å². The molecule has 1 aliphatic carbocycles. The number of aliphatic hydroxyl groups excluding tert-OH is 1. The van der Waals surface area contributed by atoms with Crippen molar-refractivity contribution >= 4 is 0 Å². The van der Waals surface area contributed by atoms with Gasteiger partial charge in [-0.3, -0.25) is 0 Å². The molecule has 0 amide bonds. The first-order valence-corrected chi connectivity index (χ1v) is 6.86. The second kappa shape index (κ2) is 5.51. The quantitative estimate of drug-likeness (QED) is 0.743. The maximum absolute atomic E-state index is 10.1. The molecule has 0 aromatic rings. The van der Waals surface area contributed by atoms with Crippen molar-refractivity contribution in [3.05, 3.63) is 12.7 Å². The first-order chi connectivity index (χ1) is 8.23. The smallest absolute Gasteiger partial charge is 0.0681 e. The van der Waals surface area contributed by atoms with E-state index in [4.69, 9.17) is 4.74 Å². The minimum Gasteiger partial charge on any atom is -0.392 e. The summed E-state index contributed by atoms with van der Waals surface area (Å²) in [5, 5.41) is 10.1. The van der Waals surface area contributed by atoms with E-state index < -0.39 is 0 Å². The van der Waals surface area contributed by atoms with Crippen molar-refractivity contribution in [1.29, 1.82) is 0 Å². The molecule has 0 bridgehead atoms. The second-order valence-corrected chi connectivity index (χ2v) is 5.35. The third-order valence-electron chi connectivity index (χ3n) is 4.55. The number of aliphatic hydroxyl groups is 1. The number of piperidine rings is 1. The van der Waals surface area contributed by atoms with Crippen molar-refractivity contribution in [2.24, 2.45) is 5.41 Å². The Labute approximate surface area is 104 Å². The molecule has 1 aliphatic heterocycles. The molecule has 2 fully saturated rings. The summed E-state index contributed by atoms with van der Waals surface area (Å²) in [6.45, 7) is 9.85. The molecular formula is C14H25NO2. The summed E-state index contributed by atoms with van der Waals surface area (Å²) in [7, 11) is 0. The molecule has 1 spiro atoms. The summed E-state index contributed by atoms with van der Waals surface area (Å²) in [5.41, 5.74) is 0.0701. The van der Waals surface area contributed by atoms with E-state index in [1.807, 2.05) is 13.0 Å². The van der Waals surface area contributed by atoms with Gasteiger partial charge in [0.15, 0.2) is 0 Å². The van der Waals surface area contributed by atoms with Crippen molar-refractivity contribution in [3.8, 4) is 0 Å². The van der Waals surface area contributed by atoms with E-state index in [9.17, 15) is 5.11 Å². The van der Waals surface area contributed by atoms with Gasteiger partial charge in [0.1, 0.15) is 0 Å². The number of nitrogens with zero attached hydrogens (tertiary/aromatic N) is 1. The molecule has 2 atom stereocenters. The molecule has 2 unspecified atom stereocenters. The Kier molecular flexibility index (Phi) is 4.23. The molecule has 3 nitrogen and oxygen atoms in total. The zero-order valence-corrected chi connectivity index (χ0v) is 10.9. The van der Waals surface area contributed by atoms with Gasteiger partial charge in [-0.05, 0) is 39.3 Å². The Hall–Kier alpha value is -0.380. The lowest BCUT2D eigenvalue weighted by Gasteiger charge is -2.56. The van der Waals surface area contributed by atoms with Gasteiger partial charge in [0.25, 0.3) is 0 Å². The highest BCUT2D eigenvalue weighted by molar-refractivity contribution is 5.06. The van der Waals surface area contributed by atoms with Gasteiger partial charge in [-0.1, -0.05) is 6.08 Å². The fourth-order valence-corrected chi connectivity index (χ4v) is 3.28. The minimum atomic E-state index is -0.138. The molecule has 17 heavy (non-hydrogen) atoms. The van der Waals surface area contributed by atoms with Gasteiger partial charge < -0.3 is 14.7 Å². The molecule has 1 N–H and O–H groups in total. The summed E-state index contributed by atoms with van der Waals surface area (Å²) in [6.07, 6.45) is 6.19. The third-order valence-corrected chi connectivity index (χ3v) is 4.55. The molecule has 0 aromatic heterocycles. The van der Waals surface area contributed by atoms with E-state index in [1.165, 1.54) is 0 Å². The number of likely N-dealkylation sites (tertiary alicyclic amines) is 1. The molecule has 0 aromatic carbocycles. The van der Waals surface area contributed by atoms with E-state index in [0.717, 1.165) is 51.9 Å². The van der Waals surface area contributed by atoms with E-state index in [0.29, 0.717) is 6.10 Å². The lowest BCUT2D eigenvalue weighted by atomic mass is 9.58. The van der Waals surface area contributed by atoms with Crippen LogP contribution in [0.1, 0.15) is 32.6 Å². The van der Waals surface area contributed by atoms with Gasteiger partial charge in [0.2, 0.25) is 0 Å². The van der Waals surface area contributed by atoms with Crippen LogP contribution in [0.5, 0.6) is 0 Å². The van der Waals surface area contributed by atoms with Crippen LogP contribution in [0.4, 0.5) is 0 Å². The molecular weight excluding hydrogens is 214 g/mol. The zero-order valence-electron chi connectivity index (χ0n) is 10.9. The van der Waals surface area contributed by atoms with Gasteiger partial charge in [0.05, 0.1) is 12.2 Å². The predicted octanol–water partition coefficient (Wildman–Crippen LogP) is 1.81. The van der Waals surface area contributed by atoms with Crippen molar-refractivity contribution in [2.45, 2.75) is 44.8 Å². The standard InChI is InChI=1S/C14H25NO2/c1-3-5-8-15-9-6-14(7-10-15)12(16)11-13(14)17-4-2/h3,12-13,16H,1,4-11H2,2H3. The van der Waals surface area contributed by atoms with Crippen molar-refractivity contribution in [3.63, 3.8) is 0 Å². The normalized spacial score (nSPS) is 32.4. The summed E-state index contributed by atoms with van der Waals surface area (Å²) in [5.74, 6) is 0. The van der Waals surface area contributed by atoms with Crippen molar-refractivity contribution in [1.82, 2.24) is 4.90 Å². The van der Waals surface area contributed by atoms with Gasteiger partial charge in [-0.15, -0.1) is 6.58 Å². The monoisotopic (exact) mass is 239 g/mol. The average Bonchev–Trinajstić information content (AvgIpc) is 2.37. The molecule has 0 radical (unpaired) electrons. The summed E-state index contributed by atoms with van der Waals surface area (Å²) < 4.78 is 5.76. The van der Waals surface area contributed by atoms with Gasteiger partial charge in [0, 0.05) is 25.0 Å². The van der Waals surface area contributed by atoms with E-state index in [-0.39, 0.29) is 11.5 Å². The van der Waals surface area contributed by atoms with E-state index >= 15 is 0 Å². The summed E-state index contributed by atoms with van der Waals surface area (Å²) in [6, 6.07) is 0. The number of hydrogen-bond acceptors (Lipinski definition) is 3. The van der Waals surface area contributed by atoms with E-state index in [1.54, 1.807) is 0 Å². The topological polar surface area (TPSA) is 32.7 Å². The lowest BCUT2D eigenvalue weighted by molar-refractivity contribution is -0.209. The Morgan fingerprint density at radius 3 is 2.71 bits per heavy atom. The maximum Gasteiger partial charge on any atom is 0.0681 e. The second-order valence-electron chi connectivity index (χ2n) is 5.35. The van der Waals surface area contributed by atoms with Crippen LogP contribution in [0.2, 0.25) is 0 Å². The summed E-state index contributed by atoms with van der Waals surface area (Å²) >= 11 is 0. The van der Waals surface area contributed by atoms with Crippen LogP contribution in [0.3, 0.4) is 0 Å². The number of ether oxygens (including phenoxy) is 1. The lowest BCUT2D eigenvalue weighted by Crippen LogP contribution is -2.62. The van der Waals surface area contributed by atoms with Crippen LogP contribution in [0.15, 0.2) is 12.7 Å². The van der Waals surface area contributed by atoms with Crippen molar-refractivity contribution in [2.75, 3.05) is 26.2 Å². The Balaban J connectivity index is 1.85. The highest BCUT2D eigenvalue weighted by Crippen LogP contribution is 2.50. The Morgan fingerprint density at radius 2 is 2.18 bits per heavy atom. The molecule has 98 valence electrons. The third kappa shape index (κ3) is 2.42. The highest BCUT2D eigenvalue weighted by Gasteiger charge is 2.55. The Morgan fingerprint density at radius 1 is 1.47 bits per heavy atom. The molecule has 1 saturated carbocycles. The van der Waals surface area contributed by atoms with Crippen LogP contribution < -0.4 is 0 Å². The predicted molar refractivity (Wildman–Crippen MR) is 69.0 cm³/mol. The number of rotatable bonds is 5.